The molecule has 0 atom stereocenters. The number of methoxy groups -OCH3 is 1. The highest BCUT2D eigenvalue weighted by Crippen LogP contribution is 2.36. The standard InChI is InChI=1S/C23H28BrN3O2/c1-25-11-13-26(14-12-25)21-7-8-22(29-2)19-9-10-27(16-20(19)21)23(28)15-17-3-5-18(24)6-4-17/h3-8H,9-16H2,1-2H3. The number of nitrogens with zero attached hydrogens (tertiary/aromatic N) is 3. The van der Waals surface area contributed by atoms with Crippen LogP contribution in [-0.2, 0) is 24.2 Å². The second-order valence-corrected chi connectivity index (χ2v) is 8.82. The second kappa shape index (κ2) is 8.76. The van der Waals surface area contributed by atoms with E-state index in [0.29, 0.717) is 13.0 Å². The second-order valence-electron chi connectivity index (χ2n) is 7.90. The number of carbonyl (C=O) groups excluding carboxylic acids is 1. The Morgan fingerprint density at radius 1 is 1.00 bits per heavy atom. The van der Waals surface area contributed by atoms with Gasteiger partial charge in [-0.15, -0.1) is 0 Å². The van der Waals surface area contributed by atoms with E-state index in [1.165, 1.54) is 16.8 Å². The van der Waals surface area contributed by atoms with Crippen LogP contribution < -0.4 is 9.64 Å². The predicted octanol–water partition coefficient (Wildman–Crippen LogP) is 3.34. The highest BCUT2D eigenvalue weighted by atomic mass is 79.9. The van der Waals surface area contributed by atoms with Gasteiger partial charge in [0.15, 0.2) is 0 Å². The van der Waals surface area contributed by atoms with E-state index >= 15 is 0 Å². The summed E-state index contributed by atoms with van der Waals surface area (Å²) in [5.74, 6) is 1.13. The van der Waals surface area contributed by atoms with Gasteiger partial charge in [-0.05, 0) is 43.3 Å². The summed E-state index contributed by atoms with van der Waals surface area (Å²) in [5.41, 5.74) is 4.82. The number of benzene rings is 2. The molecule has 0 unspecified atom stereocenters. The Kier molecular flexibility index (Phi) is 6.11. The summed E-state index contributed by atoms with van der Waals surface area (Å²) < 4.78 is 6.67. The maximum atomic E-state index is 13.0. The lowest BCUT2D eigenvalue weighted by Crippen LogP contribution is -2.45. The van der Waals surface area contributed by atoms with Crippen molar-refractivity contribution < 1.29 is 9.53 Å². The van der Waals surface area contributed by atoms with Crippen molar-refractivity contribution >= 4 is 27.5 Å². The quantitative estimate of drug-likeness (QED) is 0.705. The number of rotatable bonds is 4. The minimum absolute atomic E-state index is 0.185. The van der Waals surface area contributed by atoms with Gasteiger partial charge in [0.2, 0.25) is 5.91 Å². The Morgan fingerprint density at radius 2 is 1.72 bits per heavy atom. The van der Waals surface area contributed by atoms with Crippen LogP contribution in [0.4, 0.5) is 5.69 Å². The van der Waals surface area contributed by atoms with Crippen LogP contribution in [0.15, 0.2) is 40.9 Å². The van der Waals surface area contributed by atoms with Crippen molar-refractivity contribution in [2.24, 2.45) is 0 Å². The van der Waals surface area contributed by atoms with Gasteiger partial charge >= 0.3 is 0 Å². The minimum Gasteiger partial charge on any atom is -0.496 e. The molecule has 1 fully saturated rings. The van der Waals surface area contributed by atoms with E-state index in [9.17, 15) is 4.79 Å². The maximum absolute atomic E-state index is 13.0. The van der Waals surface area contributed by atoms with Crippen molar-refractivity contribution in [2.75, 3.05) is 51.8 Å². The number of fused-ring (bicyclic) bond motifs is 1. The van der Waals surface area contributed by atoms with Gasteiger partial charge in [-0.25, -0.2) is 0 Å². The molecule has 6 heteroatoms. The number of hydrogen-bond donors (Lipinski definition) is 0. The molecular formula is C23H28BrN3O2. The first-order chi connectivity index (χ1) is 14.0. The van der Waals surface area contributed by atoms with Crippen molar-refractivity contribution in [1.29, 1.82) is 0 Å². The summed E-state index contributed by atoms with van der Waals surface area (Å²) in [6.07, 6.45) is 1.28. The van der Waals surface area contributed by atoms with Gasteiger partial charge in [-0.1, -0.05) is 28.1 Å². The molecule has 29 heavy (non-hydrogen) atoms. The highest BCUT2D eigenvalue weighted by Gasteiger charge is 2.28. The molecule has 0 spiro atoms. The van der Waals surface area contributed by atoms with Crippen molar-refractivity contribution in [3.05, 3.63) is 57.6 Å². The van der Waals surface area contributed by atoms with Crippen molar-refractivity contribution in [3.63, 3.8) is 0 Å². The van der Waals surface area contributed by atoms with Crippen LogP contribution in [0.1, 0.15) is 16.7 Å². The molecule has 5 nitrogen and oxygen atoms in total. The van der Waals surface area contributed by atoms with Crippen LogP contribution >= 0.6 is 15.9 Å². The van der Waals surface area contributed by atoms with Crippen LogP contribution in [0, 0.1) is 0 Å². The van der Waals surface area contributed by atoms with Gasteiger partial charge in [0.1, 0.15) is 5.75 Å². The van der Waals surface area contributed by atoms with Gasteiger partial charge < -0.3 is 19.4 Å². The SMILES string of the molecule is COc1ccc(N2CCN(C)CC2)c2c1CCN(C(=O)Cc1ccc(Br)cc1)C2. The first-order valence-corrected chi connectivity index (χ1v) is 11.0. The topological polar surface area (TPSA) is 36.0 Å². The molecule has 2 aliphatic heterocycles. The number of halogens is 1. The van der Waals surface area contributed by atoms with Crippen LogP contribution in [0.5, 0.6) is 5.75 Å². The van der Waals surface area contributed by atoms with Crippen molar-refractivity contribution in [2.45, 2.75) is 19.4 Å². The normalized spacial score (nSPS) is 17.2. The molecule has 2 aliphatic rings. The van der Waals surface area contributed by atoms with Gasteiger partial charge in [0, 0.05) is 60.6 Å². The zero-order valence-corrected chi connectivity index (χ0v) is 18.7. The summed E-state index contributed by atoms with van der Waals surface area (Å²) in [4.78, 5) is 19.8. The lowest BCUT2D eigenvalue weighted by atomic mass is 9.95. The molecule has 0 aromatic heterocycles. The van der Waals surface area contributed by atoms with Crippen LogP contribution in [0.3, 0.4) is 0 Å². The van der Waals surface area contributed by atoms with Crippen LogP contribution in [0.2, 0.25) is 0 Å². The Hall–Kier alpha value is -2.05. The third-order valence-electron chi connectivity index (χ3n) is 6.03. The lowest BCUT2D eigenvalue weighted by molar-refractivity contribution is -0.131. The number of carbonyl (C=O) groups is 1. The molecule has 1 amide bonds. The van der Waals surface area contributed by atoms with Crippen LogP contribution in [0.25, 0.3) is 0 Å². The van der Waals surface area contributed by atoms with Gasteiger partial charge in [-0.3, -0.25) is 4.79 Å². The molecule has 2 heterocycles. The average molecular weight is 458 g/mol. The van der Waals surface area contributed by atoms with E-state index < -0.39 is 0 Å². The monoisotopic (exact) mass is 457 g/mol. The van der Waals surface area contributed by atoms with E-state index in [1.54, 1.807) is 7.11 Å². The van der Waals surface area contributed by atoms with E-state index in [2.05, 4.69) is 44.9 Å². The number of piperazine rings is 1. The molecule has 0 bridgehead atoms. The third-order valence-corrected chi connectivity index (χ3v) is 6.56. The molecule has 0 radical (unpaired) electrons. The Balaban J connectivity index is 1.56. The molecule has 2 aromatic rings. The third kappa shape index (κ3) is 4.43. The summed E-state index contributed by atoms with van der Waals surface area (Å²) in [6, 6.07) is 12.3. The fourth-order valence-corrected chi connectivity index (χ4v) is 4.53. The zero-order chi connectivity index (χ0) is 20.4. The number of amides is 1. The first kappa shape index (κ1) is 20.2. The largest absolute Gasteiger partial charge is 0.496 e. The molecule has 2 aromatic carbocycles. The number of likely N-dealkylation sites (N-methyl/N-ethyl adjacent to an activating group) is 1. The summed E-state index contributed by atoms with van der Waals surface area (Å²) in [7, 11) is 3.90. The molecule has 4 rings (SSSR count). The lowest BCUT2D eigenvalue weighted by Gasteiger charge is -2.38. The fraction of sp³-hybridized carbons (Fsp3) is 0.435. The fourth-order valence-electron chi connectivity index (χ4n) is 4.26. The molecule has 0 aliphatic carbocycles. The minimum atomic E-state index is 0.185. The number of hydrogen-bond acceptors (Lipinski definition) is 4. The van der Waals surface area contributed by atoms with Gasteiger partial charge in [-0.2, -0.15) is 0 Å². The number of ether oxygens (including phenoxy) is 1. The van der Waals surface area contributed by atoms with E-state index in [1.807, 2.05) is 29.2 Å². The predicted molar refractivity (Wildman–Crippen MR) is 120 cm³/mol. The van der Waals surface area contributed by atoms with E-state index in [4.69, 9.17) is 4.74 Å². The highest BCUT2D eigenvalue weighted by molar-refractivity contribution is 9.10. The molecule has 0 N–H and O–H groups in total. The van der Waals surface area contributed by atoms with Gasteiger partial charge in [0.25, 0.3) is 0 Å². The smallest absolute Gasteiger partial charge is 0.227 e. The summed E-state index contributed by atoms with van der Waals surface area (Å²) in [6.45, 7) is 5.55. The van der Waals surface area contributed by atoms with Gasteiger partial charge in [0.05, 0.1) is 13.5 Å². The maximum Gasteiger partial charge on any atom is 0.227 e. The Labute approximate surface area is 181 Å². The van der Waals surface area contributed by atoms with Crippen molar-refractivity contribution in [1.82, 2.24) is 9.80 Å². The number of anilines is 1. The molecule has 0 saturated carbocycles. The molecule has 154 valence electrons. The average Bonchev–Trinajstić information content (AvgIpc) is 2.75. The molecule has 1 saturated heterocycles. The van der Waals surface area contributed by atoms with E-state index in [0.717, 1.165) is 54.9 Å². The zero-order valence-electron chi connectivity index (χ0n) is 17.2. The Morgan fingerprint density at radius 3 is 2.41 bits per heavy atom. The summed E-state index contributed by atoms with van der Waals surface area (Å²) >= 11 is 3.45. The van der Waals surface area contributed by atoms with Crippen LogP contribution in [-0.4, -0.2) is 62.6 Å². The first-order valence-electron chi connectivity index (χ1n) is 10.2. The summed E-state index contributed by atoms with van der Waals surface area (Å²) in [5, 5.41) is 0. The Bertz CT molecular complexity index is 876. The van der Waals surface area contributed by atoms with E-state index in [-0.39, 0.29) is 5.91 Å². The molecular weight excluding hydrogens is 430 g/mol. The van der Waals surface area contributed by atoms with Crippen molar-refractivity contribution in [3.8, 4) is 5.75 Å².